The second-order valence-electron chi connectivity index (χ2n) is 4.23. The summed E-state index contributed by atoms with van der Waals surface area (Å²) in [6.45, 7) is 1.90. The van der Waals surface area contributed by atoms with Gasteiger partial charge < -0.3 is 11.1 Å². The summed E-state index contributed by atoms with van der Waals surface area (Å²) in [6.07, 6.45) is 0. The molecular formula is C14H11BrCl2N2S. The summed E-state index contributed by atoms with van der Waals surface area (Å²) in [4.78, 5) is 0.300. The molecule has 2 rings (SSSR count). The zero-order chi connectivity index (χ0) is 14.9. The average molecular weight is 390 g/mol. The maximum atomic E-state index is 6.23. The second kappa shape index (κ2) is 6.31. The molecule has 20 heavy (non-hydrogen) atoms. The number of rotatable bonds is 3. The van der Waals surface area contributed by atoms with Crippen LogP contribution in [0.5, 0.6) is 0 Å². The van der Waals surface area contributed by atoms with Gasteiger partial charge in [-0.3, -0.25) is 0 Å². The van der Waals surface area contributed by atoms with Crippen LogP contribution in [0.2, 0.25) is 10.0 Å². The number of hydrogen-bond donors (Lipinski definition) is 2. The van der Waals surface area contributed by atoms with Gasteiger partial charge in [-0.25, -0.2) is 0 Å². The number of nitrogens with two attached hydrogens (primary N) is 1. The van der Waals surface area contributed by atoms with E-state index in [9.17, 15) is 0 Å². The Bertz CT molecular complexity index is 689. The fourth-order valence-electron chi connectivity index (χ4n) is 1.77. The van der Waals surface area contributed by atoms with E-state index < -0.39 is 0 Å². The minimum absolute atomic E-state index is 0.300. The zero-order valence-corrected chi connectivity index (χ0v) is 14.4. The molecule has 0 aliphatic carbocycles. The Morgan fingerprint density at radius 2 is 1.90 bits per heavy atom. The summed E-state index contributed by atoms with van der Waals surface area (Å²) in [7, 11) is 0. The SMILES string of the molecule is Cc1cc(Cl)c(Nc2cccc(Br)c2C(N)=S)cc1Cl. The van der Waals surface area contributed by atoms with Crippen molar-refractivity contribution in [1.29, 1.82) is 0 Å². The Kier molecular flexibility index (Phi) is 4.91. The summed E-state index contributed by atoms with van der Waals surface area (Å²) in [6, 6.07) is 9.23. The summed E-state index contributed by atoms with van der Waals surface area (Å²) in [5, 5.41) is 4.44. The van der Waals surface area contributed by atoms with Gasteiger partial charge in [-0.05, 0) is 52.7 Å². The molecule has 0 spiro atoms. The third kappa shape index (κ3) is 3.26. The van der Waals surface area contributed by atoms with Gasteiger partial charge in [-0.15, -0.1) is 0 Å². The monoisotopic (exact) mass is 388 g/mol. The normalized spacial score (nSPS) is 10.4. The van der Waals surface area contributed by atoms with Gasteiger partial charge in [0, 0.05) is 20.7 Å². The topological polar surface area (TPSA) is 38.0 Å². The van der Waals surface area contributed by atoms with E-state index in [1.54, 1.807) is 6.07 Å². The number of aryl methyl sites for hydroxylation is 1. The standard InChI is InChI=1S/C14H11BrCl2N2S/c1-7-5-10(17)12(6-9(7)16)19-11-4-2-3-8(15)13(11)14(18)20/h2-6,19H,1H3,(H2,18,20). The molecule has 0 heterocycles. The van der Waals surface area contributed by atoms with Gasteiger partial charge in [0.1, 0.15) is 4.99 Å². The van der Waals surface area contributed by atoms with Gasteiger partial charge in [0.05, 0.1) is 10.7 Å². The van der Waals surface area contributed by atoms with Crippen LogP contribution in [-0.2, 0) is 0 Å². The van der Waals surface area contributed by atoms with Crippen molar-refractivity contribution in [3.63, 3.8) is 0 Å². The van der Waals surface area contributed by atoms with Gasteiger partial charge in [0.25, 0.3) is 0 Å². The molecule has 0 bridgehead atoms. The van der Waals surface area contributed by atoms with Gasteiger partial charge in [0.2, 0.25) is 0 Å². The molecule has 0 fully saturated rings. The van der Waals surface area contributed by atoms with Crippen molar-refractivity contribution in [3.8, 4) is 0 Å². The highest BCUT2D eigenvalue weighted by Crippen LogP contribution is 2.33. The van der Waals surface area contributed by atoms with Gasteiger partial charge in [-0.2, -0.15) is 0 Å². The van der Waals surface area contributed by atoms with E-state index in [1.807, 2.05) is 31.2 Å². The highest BCUT2D eigenvalue weighted by molar-refractivity contribution is 9.10. The predicted molar refractivity (Wildman–Crippen MR) is 94.5 cm³/mol. The molecule has 0 saturated carbocycles. The third-order valence-corrected chi connectivity index (χ3v) is 4.36. The van der Waals surface area contributed by atoms with Crippen LogP contribution in [0.1, 0.15) is 11.1 Å². The molecule has 0 atom stereocenters. The molecule has 0 saturated heterocycles. The van der Waals surface area contributed by atoms with E-state index in [4.69, 9.17) is 41.2 Å². The van der Waals surface area contributed by atoms with Crippen molar-refractivity contribution < 1.29 is 0 Å². The van der Waals surface area contributed by atoms with Gasteiger partial charge in [0.15, 0.2) is 0 Å². The Morgan fingerprint density at radius 1 is 1.20 bits per heavy atom. The number of anilines is 2. The molecule has 2 aromatic carbocycles. The summed E-state index contributed by atoms with van der Waals surface area (Å²) >= 11 is 20.9. The molecule has 0 aromatic heterocycles. The van der Waals surface area contributed by atoms with Crippen LogP contribution >= 0.6 is 51.3 Å². The van der Waals surface area contributed by atoms with Crippen LogP contribution < -0.4 is 11.1 Å². The first kappa shape index (κ1) is 15.6. The highest BCUT2D eigenvalue weighted by Gasteiger charge is 2.12. The zero-order valence-electron chi connectivity index (χ0n) is 10.5. The molecule has 2 aromatic rings. The number of thiocarbonyl (C=S) groups is 1. The van der Waals surface area contributed by atoms with E-state index in [0.717, 1.165) is 21.3 Å². The highest BCUT2D eigenvalue weighted by atomic mass is 79.9. The predicted octanol–water partition coefficient (Wildman–Crippen LogP) is 5.44. The van der Waals surface area contributed by atoms with Gasteiger partial charge in [-0.1, -0.05) is 41.5 Å². The Morgan fingerprint density at radius 3 is 2.55 bits per heavy atom. The summed E-state index contributed by atoms with van der Waals surface area (Å²) in [5.41, 5.74) is 8.90. The van der Waals surface area contributed by atoms with Crippen LogP contribution in [0.4, 0.5) is 11.4 Å². The maximum absolute atomic E-state index is 6.23. The molecule has 6 heteroatoms. The van der Waals surface area contributed by atoms with Crippen molar-refractivity contribution in [2.24, 2.45) is 5.73 Å². The average Bonchev–Trinajstić information content (AvgIpc) is 2.35. The quantitative estimate of drug-likeness (QED) is 0.686. The van der Waals surface area contributed by atoms with Gasteiger partial charge >= 0.3 is 0 Å². The molecule has 0 aliphatic heterocycles. The minimum atomic E-state index is 0.300. The van der Waals surface area contributed by atoms with E-state index in [2.05, 4.69) is 21.2 Å². The van der Waals surface area contributed by atoms with Crippen molar-refractivity contribution in [1.82, 2.24) is 0 Å². The fourth-order valence-corrected chi connectivity index (χ4v) is 3.13. The number of nitrogens with one attached hydrogen (secondary N) is 1. The summed E-state index contributed by atoms with van der Waals surface area (Å²) in [5.74, 6) is 0. The molecule has 0 unspecified atom stereocenters. The Balaban J connectivity index is 2.48. The lowest BCUT2D eigenvalue weighted by atomic mass is 10.1. The molecular weight excluding hydrogens is 379 g/mol. The first-order valence-electron chi connectivity index (χ1n) is 5.71. The third-order valence-electron chi connectivity index (χ3n) is 2.78. The lowest BCUT2D eigenvalue weighted by Gasteiger charge is -2.14. The first-order chi connectivity index (χ1) is 9.40. The summed E-state index contributed by atoms with van der Waals surface area (Å²) < 4.78 is 0.823. The fraction of sp³-hybridized carbons (Fsp3) is 0.0714. The van der Waals surface area contributed by atoms with Crippen LogP contribution in [0.3, 0.4) is 0 Å². The van der Waals surface area contributed by atoms with Crippen molar-refractivity contribution in [2.45, 2.75) is 6.92 Å². The molecule has 2 nitrogen and oxygen atoms in total. The van der Waals surface area contributed by atoms with E-state index in [0.29, 0.717) is 20.7 Å². The van der Waals surface area contributed by atoms with Crippen molar-refractivity contribution in [3.05, 3.63) is 56.0 Å². The van der Waals surface area contributed by atoms with Crippen molar-refractivity contribution >= 4 is 67.7 Å². The number of benzene rings is 2. The largest absolute Gasteiger partial charge is 0.389 e. The molecule has 0 amide bonds. The first-order valence-corrected chi connectivity index (χ1v) is 7.67. The molecule has 3 N–H and O–H groups in total. The van der Waals surface area contributed by atoms with E-state index >= 15 is 0 Å². The van der Waals surface area contributed by atoms with Crippen LogP contribution in [0.25, 0.3) is 0 Å². The minimum Gasteiger partial charge on any atom is -0.389 e. The molecule has 0 radical (unpaired) electrons. The smallest absolute Gasteiger partial charge is 0.107 e. The van der Waals surface area contributed by atoms with E-state index in [-0.39, 0.29) is 0 Å². The Hall–Kier alpha value is -0.810. The van der Waals surface area contributed by atoms with Crippen molar-refractivity contribution in [2.75, 3.05) is 5.32 Å². The Labute approximate surface area is 141 Å². The number of hydrogen-bond acceptors (Lipinski definition) is 2. The lowest BCUT2D eigenvalue weighted by molar-refractivity contribution is 1.44. The molecule has 0 aliphatic rings. The maximum Gasteiger partial charge on any atom is 0.107 e. The van der Waals surface area contributed by atoms with E-state index in [1.165, 1.54) is 0 Å². The van der Waals surface area contributed by atoms with Crippen LogP contribution in [-0.4, -0.2) is 4.99 Å². The second-order valence-corrected chi connectivity index (χ2v) is 6.34. The lowest BCUT2D eigenvalue weighted by Crippen LogP contribution is -2.12. The van der Waals surface area contributed by atoms with Crippen LogP contribution in [0, 0.1) is 6.92 Å². The van der Waals surface area contributed by atoms with Crippen LogP contribution in [0.15, 0.2) is 34.8 Å². The number of halogens is 3. The molecule has 104 valence electrons.